The van der Waals surface area contributed by atoms with Gasteiger partial charge in [0.2, 0.25) is 0 Å². The second-order valence-electron chi connectivity index (χ2n) is 5.85. The van der Waals surface area contributed by atoms with Crippen molar-refractivity contribution in [1.29, 1.82) is 0 Å². The maximum atomic E-state index is 12.6. The molecule has 0 radical (unpaired) electrons. The summed E-state index contributed by atoms with van der Waals surface area (Å²) in [6, 6.07) is 15.4. The molecule has 0 N–H and O–H groups in total. The zero-order valence-electron chi connectivity index (χ0n) is 13.7. The smallest absolute Gasteiger partial charge is 0.364 e. The van der Waals surface area contributed by atoms with Crippen molar-refractivity contribution in [1.82, 2.24) is 5.06 Å². The van der Waals surface area contributed by atoms with E-state index in [1.807, 2.05) is 30.3 Å². The van der Waals surface area contributed by atoms with Crippen molar-refractivity contribution in [3.8, 4) is 0 Å². The summed E-state index contributed by atoms with van der Waals surface area (Å²) >= 11 is 0. The highest BCUT2D eigenvalue weighted by Gasteiger charge is 2.42. The van der Waals surface area contributed by atoms with Crippen molar-refractivity contribution in [2.45, 2.75) is 12.2 Å². The fourth-order valence-corrected chi connectivity index (χ4v) is 3.02. The molecule has 4 rings (SSSR count). The van der Waals surface area contributed by atoms with Crippen LogP contribution >= 0.6 is 0 Å². The number of hydrogen-bond donors (Lipinski definition) is 0. The molecule has 2 aromatic carbocycles. The number of hydrogen-bond acceptors (Lipinski definition) is 6. The topological polar surface area (TPSA) is 82.1 Å². The summed E-state index contributed by atoms with van der Waals surface area (Å²) in [5, 5.41) is 0.479. The summed E-state index contributed by atoms with van der Waals surface area (Å²) in [5.41, 5.74) is 1.15. The van der Waals surface area contributed by atoms with Crippen LogP contribution in [-0.2, 0) is 19.1 Å². The number of rotatable bonds is 3. The predicted octanol–water partition coefficient (Wildman–Crippen LogP) is 1.90. The highest BCUT2D eigenvalue weighted by molar-refractivity contribution is 6.20. The molecule has 2 atom stereocenters. The van der Waals surface area contributed by atoms with E-state index in [2.05, 4.69) is 0 Å². The van der Waals surface area contributed by atoms with Crippen molar-refractivity contribution >= 4 is 17.8 Å². The van der Waals surface area contributed by atoms with Crippen molar-refractivity contribution in [3.05, 3.63) is 71.3 Å². The molecule has 1 saturated heterocycles. The van der Waals surface area contributed by atoms with Crippen molar-refractivity contribution in [2.24, 2.45) is 0 Å². The molecule has 0 unspecified atom stereocenters. The molecule has 0 aliphatic carbocycles. The van der Waals surface area contributed by atoms with Gasteiger partial charge in [-0.3, -0.25) is 9.59 Å². The number of hydroxylamine groups is 2. The van der Waals surface area contributed by atoms with Crippen LogP contribution in [0.4, 0.5) is 0 Å². The number of ether oxygens (including phenoxy) is 2. The van der Waals surface area contributed by atoms with Crippen LogP contribution in [0, 0.1) is 0 Å². The second kappa shape index (κ2) is 6.70. The Morgan fingerprint density at radius 1 is 0.885 bits per heavy atom. The first kappa shape index (κ1) is 16.4. The summed E-state index contributed by atoms with van der Waals surface area (Å²) in [4.78, 5) is 42.4. The molecule has 0 spiro atoms. The number of benzene rings is 2. The van der Waals surface area contributed by atoms with Gasteiger partial charge in [0.15, 0.2) is 6.10 Å². The van der Waals surface area contributed by atoms with Gasteiger partial charge < -0.3 is 14.3 Å². The van der Waals surface area contributed by atoms with Crippen LogP contribution in [0.3, 0.4) is 0 Å². The quantitative estimate of drug-likeness (QED) is 0.784. The fourth-order valence-electron chi connectivity index (χ4n) is 3.02. The first-order chi connectivity index (χ1) is 12.7. The zero-order chi connectivity index (χ0) is 18.1. The highest BCUT2D eigenvalue weighted by atomic mass is 16.7. The van der Waals surface area contributed by atoms with E-state index in [1.54, 1.807) is 12.1 Å². The zero-order valence-corrected chi connectivity index (χ0v) is 13.7. The SMILES string of the molecule is O=C(ON1C(=O)c2ccccc2C1=O)[C@H]1OCCO[C@H]1c1ccccc1. The van der Waals surface area contributed by atoms with Gasteiger partial charge in [-0.1, -0.05) is 47.5 Å². The van der Waals surface area contributed by atoms with Gasteiger partial charge >= 0.3 is 5.97 Å². The van der Waals surface area contributed by atoms with Crippen molar-refractivity contribution in [3.63, 3.8) is 0 Å². The normalized spacial score (nSPS) is 22.2. The molecule has 7 heteroatoms. The molecule has 2 amide bonds. The Kier molecular flexibility index (Phi) is 4.24. The molecule has 132 valence electrons. The molecular formula is C19H15NO6. The van der Waals surface area contributed by atoms with Crippen LogP contribution < -0.4 is 0 Å². The van der Waals surface area contributed by atoms with Crippen molar-refractivity contribution in [2.75, 3.05) is 13.2 Å². The minimum atomic E-state index is -1.07. The minimum absolute atomic E-state index is 0.200. The standard InChI is InChI=1S/C19H15NO6/c21-17-13-8-4-5-9-14(13)18(22)20(17)26-19(23)16-15(24-10-11-25-16)12-6-2-1-3-7-12/h1-9,15-16H,10-11H2/t15-,16-/m0/s1. The third kappa shape index (κ3) is 2.77. The summed E-state index contributed by atoms with van der Waals surface area (Å²) < 4.78 is 11.2. The highest BCUT2D eigenvalue weighted by Crippen LogP contribution is 2.29. The summed E-state index contributed by atoms with van der Waals surface area (Å²) in [6.45, 7) is 0.543. The summed E-state index contributed by atoms with van der Waals surface area (Å²) in [6.07, 6.45) is -1.75. The maximum absolute atomic E-state index is 12.6. The molecule has 1 fully saturated rings. The number of imide groups is 1. The van der Waals surface area contributed by atoms with E-state index < -0.39 is 30.0 Å². The lowest BCUT2D eigenvalue weighted by Crippen LogP contribution is -2.43. The lowest BCUT2D eigenvalue weighted by Gasteiger charge is -2.31. The molecule has 26 heavy (non-hydrogen) atoms. The maximum Gasteiger partial charge on any atom is 0.364 e. The van der Waals surface area contributed by atoms with Crippen LogP contribution in [0.25, 0.3) is 0 Å². The first-order valence-corrected chi connectivity index (χ1v) is 8.14. The molecule has 7 nitrogen and oxygen atoms in total. The van der Waals surface area contributed by atoms with Crippen molar-refractivity contribution < 1.29 is 28.7 Å². The third-order valence-corrected chi connectivity index (χ3v) is 4.25. The van der Waals surface area contributed by atoms with E-state index in [1.165, 1.54) is 12.1 Å². The molecule has 2 aromatic rings. The summed E-state index contributed by atoms with van der Waals surface area (Å²) in [7, 11) is 0. The Hall–Kier alpha value is -3.03. The lowest BCUT2D eigenvalue weighted by molar-refractivity contribution is -0.205. The van der Waals surface area contributed by atoms with E-state index >= 15 is 0 Å². The molecular weight excluding hydrogens is 338 g/mol. The predicted molar refractivity (Wildman–Crippen MR) is 87.9 cm³/mol. The number of fused-ring (bicyclic) bond motifs is 1. The van der Waals surface area contributed by atoms with E-state index in [0.29, 0.717) is 11.7 Å². The molecule has 0 saturated carbocycles. The Balaban J connectivity index is 1.54. The van der Waals surface area contributed by atoms with Gasteiger partial charge in [0.1, 0.15) is 6.10 Å². The van der Waals surface area contributed by atoms with E-state index in [4.69, 9.17) is 14.3 Å². The minimum Gasteiger partial charge on any atom is -0.368 e. The van der Waals surface area contributed by atoms with Gasteiger partial charge in [-0.05, 0) is 17.7 Å². The van der Waals surface area contributed by atoms with Gasteiger partial charge in [-0.2, -0.15) is 0 Å². The van der Waals surface area contributed by atoms with E-state index in [-0.39, 0.29) is 17.7 Å². The average Bonchev–Trinajstić information content (AvgIpc) is 2.94. The van der Waals surface area contributed by atoms with Crippen LogP contribution in [0.5, 0.6) is 0 Å². The Morgan fingerprint density at radius 2 is 1.46 bits per heavy atom. The molecule has 0 aromatic heterocycles. The monoisotopic (exact) mass is 353 g/mol. The largest absolute Gasteiger partial charge is 0.368 e. The third-order valence-electron chi connectivity index (χ3n) is 4.25. The van der Waals surface area contributed by atoms with Crippen LogP contribution in [0.2, 0.25) is 0 Å². The van der Waals surface area contributed by atoms with E-state index in [0.717, 1.165) is 5.56 Å². The van der Waals surface area contributed by atoms with Gasteiger partial charge in [0, 0.05) is 0 Å². The van der Waals surface area contributed by atoms with Crippen LogP contribution in [-0.4, -0.2) is 42.2 Å². The fraction of sp³-hybridized carbons (Fsp3) is 0.211. The number of carbonyl (C=O) groups excluding carboxylic acids is 3. The van der Waals surface area contributed by atoms with E-state index in [9.17, 15) is 14.4 Å². The number of carbonyl (C=O) groups is 3. The molecule has 2 aliphatic rings. The van der Waals surface area contributed by atoms with Gasteiger partial charge in [0.05, 0.1) is 24.3 Å². The Bertz CT molecular complexity index is 830. The average molecular weight is 353 g/mol. The Labute approximate surface area is 149 Å². The first-order valence-electron chi connectivity index (χ1n) is 8.14. The number of amides is 2. The molecule has 2 heterocycles. The molecule has 2 aliphatic heterocycles. The molecule has 0 bridgehead atoms. The summed E-state index contributed by atoms with van der Waals surface area (Å²) in [5.74, 6) is -2.20. The van der Waals surface area contributed by atoms with Crippen LogP contribution in [0.1, 0.15) is 32.4 Å². The Morgan fingerprint density at radius 3 is 2.12 bits per heavy atom. The number of nitrogens with zero attached hydrogens (tertiary/aromatic N) is 1. The second-order valence-corrected chi connectivity index (χ2v) is 5.85. The van der Waals surface area contributed by atoms with Crippen LogP contribution in [0.15, 0.2) is 54.6 Å². The van der Waals surface area contributed by atoms with Gasteiger partial charge in [-0.25, -0.2) is 4.79 Å². The van der Waals surface area contributed by atoms with Gasteiger partial charge in [0.25, 0.3) is 11.8 Å². The van der Waals surface area contributed by atoms with Gasteiger partial charge in [-0.15, -0.1) is 0 Å². The lowest BCUT2D eigenvalue weighted by atomic mass is 10.0.